The van der Waals surface area contributed by atoms with Crippen molar-refractivity contribution in [2.24, 2.45) is 5.73 Å². The Balaban J connectivity index is 1.44. The second kappa shape index (κ2) is 8.83. The third kappa shape index (κ3) is 4.55. The van der Waals surface area contributed by atoms with Gasteiger partial charge < -0.3 is 11.1 Å². The van der Waals surface area contributed by atoms with Gasteiger partial charge in [-0.1, -0.05) is 0 Å². The summed E-state index contributed by atoms with van der Waals surface area (Å²) < 4.78 is 16.3. The van der Waals surface area contributed by atoms with Gasteiger partial charge >= 0.3 is 0 Å². The molecule has 4 aromatic rings. The Morgan fingerprint density at radius 1 is 1.21 bits per heavy atom. The van der Waals surface area contributed by atoms with E-state index in [0.29, 0.717) is 22.9 Å². The van der Waals surface area contributed by atoms with Gasteiger partial charge in [0, 0.05) is 30.0 Å². The quantitative estimate of drug-likeness (QED) is 0.461. The normalized spacial score (nSPS) is 15.5. The topological polar surface area (TPSA) is 115 Å². The first-order valence-corrected chi connectivity index (χ1v) is 11.1. The van der Waals surface area contributed by atoms with Gasteiger partial charge in [0.15, 0.2) is 5.82 Å². The largest absolute Gasteiger partial charge is 0.338 e. The maximum Gasteiger partial charge on any atom is 0.205 e. The van der Waals surface area contributed by atoms with Crippen LogP contribution in [0.5, 0.6) is 0 Å². The van der Waals surface area contributed by atoms with E-state index in [4.69, 9.17) is 5.73 Å². The molecule has 4 heterocycles. The van der Waals surface area contributed by atoms with Crippen LogP contribution in [-0.4, -0.2) is 58.8 Å². The molecule has 1 aliphatic heterocycles. The lowest BCUT2D eigenvalue weighted by Crippen LogP contribution is -2.39. The van der Waals surface area contributed by atoms with Crippen molar-refractivity contribution in [2.75, 3.05) is 18.4 Å². The lowest BCUT2D eigenvalue weighted by Gasteiger charge is -2.29. The highest BCUT2D eigenvalue weighted by molar-refractivity contribution is 5.77. The maximum atomic E-state index is 14.5. The zero-order valence-electron chi connectivity index (χ0n) is 18.7. The summed E-state index contributed by atoms with van der Waals surface area (Å²) >= 11 is 0. The van der Waals surface area contributed by atoms with Crippen molar-refractivity contribution in [2.45, 2.75) is 45.3 Å². The molecule has 0 atom stereocenters. The number of nitrogens with zero attached hydrogens (tertiary/aromatic N) is 8. The Bertz CT molecular complexity index is 1260. The van der Waals surface area contributed by atoms with E-state index < -0.39 is 5.82 Å². The first-order valence-electron chi connectivity index (χ1n) is 11.1. The number of halogens is 1. The molecular formula is C22H27FN10. The summed E-state index contributed by atoms with van der Waals surface area (Å²) in [5.41, 5.74) is 9.10. The smallest absolute Gasteiger partial charge is 0.205 e. The van der Waals surface area contributed by atoms with E-state index in [0.717, 1.165) is 43.6 Å². The second-order valence-corrected chi connectivity index (χ2v) is 8.74. The Morgan fingerprint density at radius 3 is 2.79 bits per heavy atom. The van der Waals surface area contributed by atoms with Crippen molar-refractivity contribution in [3.8, 4) is 11.4 Å². The number of likely N-dealkylation sites (tertiary alicyclic amines) is 1. The highest BCUT2D eigenvalue weighted by atomic mass is 19.1. The third-order valence-corrected chi connectivity index (χ3v) is 5.87. The van der Waals surface area contributed by atoms with Gasteiger partial charge in [-0.15, -0.1) is 10.2 Å². The first-order chi connectivity index (χ1) is 16.0. The summed E-state index contributed by atoms with van der Waals surface area (Å²) in [6.07, 6.45) is 5.39. The molecule has 0 spiro atoms. The molecule has 0 aliphatic carbocycles. The molecular weight excluding hydrogens is 423 g/mol. The average molecular weight is 451 g/mol. The summed E-state index contributed by atoms with van der Waals surface area (Å²) in [4.78, 5) is 8.34. The summed E-state index contributed by atoms with van der Waals surface area (Å²) in [5, 5.41) is 20.1. The first kappa shape index (κ1) is 21.4. The van der Waals surface area contributed by atoms with Crippen LogP contribution in [0.15, 0.2) is 36.8 Å². The van der Waals surface area contributed by atoms with Gasteiger partial charge in [-0.25, -0.2) is 13.9 Å². The fourth-order valence-corrected chi connectivity index (χ4v) is 4.08. The van der Waals surface area contributed by atoms with Crippen molar-refractivity contribution in [1.82, 2.24) is 39.7 Å². The number of piperidine rings is 1. The molecule has 0 saturated carbocycles. The van der Waals surface area contributed by atoms with E-state index in [1.807, 2.05) is 20.0 Å². The Labute approximate surface area is 190 Å². The van der Waals surface area contributed by atoms with E-state index in [-0.39, 0.29) is 12.1 Å². The lowest BCUT2D eigenvalue weighted by molar-refractivity contribution is 0.206. The molecule has 10 nitrogen and oxygen atoms in total. The van der Waals surface area contributed by atoms with Crippen molar-refractivity contribution in [1.29, 1.82) is 0 Å². The zero-order chi connectivity index (χ0) is 22.9. The van der Waals surface area contributed by atoms with Crippen molar-refractivity contribution >= 4 is 17.0 Å². The van der Waals surface area contributed by atoms with E-state index in [2.05, 4.69) is 41.8 Å². The van der Waals surface area contributed by atoms with Crippen LogP contribution in [0.25, 0.3) is 16.9 Å². The number of benzene rings is 1. The zero-order valence-corrected chi connectivity index (χ0v) is 18.7. The summed E-state index contributed by atoms with van der Waals surface area (Å²) in [7, 11) is 0. The number of aromatic nitrogens is 7. The average Bonchev–Trinajstić information content (AvgIpc) is 3.44. The molecule has 1 fully saturated rings. The highest BCUT2D eigenvalue weighted by Crippen LogP contribution is 2.28. The van der Waals surface area contributed by atoms with Gasteiger partial charge in [-0.05, 0) is 74.8 Å². The number of nitrogens with one attached hydrogen (secondary N) is 1. The predicted molar refractivity (Wildman–Crippen MR) is 122 cm³/mol. The minimum Gasteiger partial charge on any atom is -0.338 e. The van der Waals surface area contributed by atoms with Crippen molar-refractivity contribution < 1.29 is 4.39 Å². The van der Waals surface area contributed by atoms with E-state index in [1.54, 1.807) is 10.6 Å². The summed E-state index contributed by atoms with van der Waals surface area (Å²) in [5.74, 6) is 0.570. The van der Waals surface area contributed by atoms with Crippen LogP contribution in [0.3, 0.4) is 0 Å². The van der Waals surface area contributed by atoms with Crippen LogP contribution >= 0.6 is 0 Å². The molecule has 0 amide bonds. The van der Waals surface area contributed by atoms with Crippen LogP contribution < -0.4 is 11.1 Å². The van der Waals surface area contributed by atoms with Crippen LogP contribution in [-0.2, 0) is 6.54 Å². The van der Waals surface area contributed by atoms with Gasteiger partial charge in [0.05, 0.1) is 6.04 Å². The Hall–Kier alpha value is -3.44. The van der Waals surface area contributed by atoms with Gasteiger partial charge in [0.25, 0.3) is 0 Å². The number of tetrazole rings is 1. The SMILES string of the molecule is CC(C)n1nnc(-c2cc(F)cc(Nc3ncnn4ccc(CN5CCC(N)CC5)c34)c2)n1. The lowest BCUT2D eigenvalue weighted by atomic mass is 10.1. The molecule has 1 saturated heterocycles. The molecule has 0 radical (unpaired) electrons. The number of rotatable bonds is 6. The van der Waals surface area contributed by atoms with Gasteiger partial charge in [-0.3, -0.25) is 4.90 Å². The minimum atomic E-state index is -0.402. The van der Waals surface area contributed by atoms with Crippen LogP contribution in [0, 0.1) is 5.82 Å². The van der Waals surface area contributed by atoms with Crippen LogP contribution in [0.1, 0.15) is 38.3 Å². The molecule has 1 aromatic carbocycles. The Kier molecular flexibility index (Phi) is 5.73. The van der Waals surface area contributed by atoms with E-state index in [1.165, 1.54) is 23.3 Å². The minimum absolute atomic E-state index is 0.0649. The van der Waals surface area contributed by atoms with Gasteiger partial charge in [0.1, 0.15) is 17.7 Å². The monoisotopic (exact) mass is 450 g/mol. The molecule has 0 unspecified atom stereocenters. The van der Waals surface area contributed by atoms with Gasteiger partial charge in [-0.2, -0.15) is 9.90 Å². The van der Waals surface area contributed by atoms with Gasteiger partial charge in [0.2, 0.25) is 5.82 Å². The van der Waals surface area contributed by atoms with E-state index in [9.17, 15) is 4.39 Å². The van der Waals surface area contributed by atoms with E-state index >= 15 is 0 Å². The number of hydrogen-bond acceptors (Lipinski definition) is 8. The molecule has 3 N–H and O–H groups in total. The predicted octanol–water partition coefficient (Wildman–Crippen LogP) is 2.77. The molecule has 3 aromatic heterocycles. The summed E-state index contributed by atoms with van der Waals surface area (Å²) in [6, 6.07) is 7.00. The molecule has 33 heavy (non-hydrogen) atoms. The molecule has 5 rings (SSSR count). The second-order valence-electron chi connectivity index (χ2n) is 8.74. The number of nitrogens with two attached hydrogens (primary N) is 1. The maximum absolute atomic E-state index is 14.5. The fraction of sp³-hybridized carbons (Fsp3) is 0.409. The third-order valence-electron chi connectivity index (χ3n) is 5.87. The van der Waals surface area contributed by atoms with Crippen molar-refractivity contribution in [3.63, 3.8) is 0 Å². The molecule has 1 aliphatic rings. The van der Waals surface area contributed by atoms with Crippen LogP contribution in [0.4, 0.5) is 15.9 Å². The number of hydrogen-bond donors (Lipinski definition) is 2. The van der Waals surface area contributed by atoms with Crippen LogP contribution in [0.2, 0.25) is 0 Å². The molecule has 0 bridgehead atoms. The summed E-state index contributed by atoms with van der Waals surface area (Å²) in [6.45, 7) is 6.62. The molecule has 172 valence electrons. The fourth-order valence-electron chi connectivity index (χ4n) is 4.08. The Morgan fingerprint density at radius 2 is 2.03 bits per heavy atom. The number of anilines is 2. The van der Waals surface area contributed by atoms with Crippen molar-refractivity contribution in [3.05, 3.63) is 48.2 Å². The molecule has 11 heteroatoms. The standard InChI is InChI=1S/C22H27FN10/c1-14(2)33-29-21(28-30-33)16-9-17(23)11-19(10-16)27-22-20-15(3-8-32(20)26-13-25-22)12-31-6-4-18(24)5-7-31/h3,8-11,13-14,18H,4-7,12,24H2,1-2H3,(H,25,26,27). The number of fused-ring (bicyclic) bond motifs is 1. The highest BCUT2D eigenvalue weighted by Gasteiger charge is 2.19.